The molecule has 1 heterocycles. The molecule has 0 spiro atoms. The summed E-state index contributed by atoms with van der Waals surface area (Å²) >= 11 is 7.44. The molecule has 2 nitrogen and oxygen atoms in total. The van der Waals surface area contributed by atoms with Crippen LogP contribution in [0.1, 0.15) is 23.1 Å². The maximum absolute atomic E-state index is 4.25. The van der Waals surface area contributed by atoms with Crippen LogP contribution in [0.3, 0.4) is 0 Å². The molecule has 0 unspecified atom stereocenters. The van der Waals surface area contributed by atoms with Crippen molar-refractivity contribution in [2.24, 2.45) is 7.05 Å². The number of hydrogen-bond acceptors (Lipinski definition) is 1. The van der Waals surface area contributed by atoms with Gasteiger partial charge in [0.25, 0.3) is 0 Å². The van der Waals surface area contributed by atoms with Crippen LogP contribution in [-0.2, 0) is 18.9 Å². The number of aromatic nitrogens is 2. The van der Waals surface area contributed by atoms with Crippen molar-refractivity contribution in [2.75, 3.05) is 10.7 Å². The molecule has 1 aromatic carbocycles. The van der Waals surface area contributed by atoms with Gasteiger partial charge in [0.05, 0.1) is 6.20 Å². The number of rotatable bonds is 6. The van der Waals surface area contributed by atoms with Crippen LogP contribution in [0.15, 0.2) is 36.7 Å². The Morgan fingerprint density at radius 1 is 1.25 bits per heavy atom. The fourth-order valence-electron chi connectivity index (χ4n) is 2.43. The standard InChI is InChI=1S/C16H20Br2N2/c1-13-4-3-5-15(8-13)16(11-17,12-18)7-6-14-9-19-20(2)10-14/h3-5,8-10H,6-7,11-12H2,1-2H3. The molecule has 0 aliphatic rings. The topological polar surface area (TPSA) is 17.8 Å². The van der Waals surface area contributed by atoms with Crippen LogP contribution in [0.4, 0.5) is 0 Å². The molecule has 0 aliphatic heterocycles. The smallest absolute Gasteiger partial charge is 0.0521 e. The summed E-state index contributed by atoms with van der Waals surface area (Å²) in [6.07, 6.45) is 6.20. The summed E-state index contributed by atoms with van der Waals surface area (Å²) in [5.41, 5.74) is 4.14. The Kier molecular flexibility index (Phi) is 5.44. The zero-order valence-corrected chi connectivity index (χ0v) is 15.1. The van der Waals surface area contributed by atoms with Crippen molar-refractivity contribution in [3.8, 4) is 0 Å². The van der Waals surface area contributed by atoms with E-state index >= 15 is 0 Å². The van der Waals surface area contributed by atoms with Gasteiger partial charge in [-0.3, -0.25) is 4.68 Å². The quantitative estimate of drug-likeness (QED) is 0.658. The predicted molar refractivity (Wildman–Crippen MR) is 92.0 cm³/mol. The highest BCUT2D eigenvalue weighted by molar-refractivity contribution is 9.09. The van der Waals surface area contributed by atoms with Crippen LogP contribution in [0, 0.1) is 6.92 Å². The van der Waals surface area contributed by atoms with Gasteiger partial charge in [0, 0.05) is 29.3 Å². The van der Waals surface area contributed by atoms with Gasteiger partial charge in [-0.1, -0.05) is 61.7 Å². The first-order chi connectivity index (χ1) is 9.59. The summed E-state index contributed by atoms with van der Waals surface area (Å²) in [5.74, 6) is 0. The summed E-state index contributed by atoms with van der Waals surface area (Å²) in [4.78, 5) is 0. The van der Waals surface area contributed by atoms with Gasteiger partial charge in [-0.25, -0.2) is 0 Å². The highest BCUT2D eigenvalue weighted by atomic mass is 79.9. The third-order valence-corrected chi connectivity index (χ3v) is 5.94. The summed E-state index contributed by atoms with van der Waals surface area (Å²) in [7, 11) is 1.96. The van der Waals surface area contributed by atoms with Crippen molar-refractivity contribution in [3.63, 3.8) is 0 Å². The van der Waals surface area contributed by atoms with E-state index in [2.05, 4.69) is 74.3 Å². The first-order valence-electron chi connectivity index (χ1n) is 6.76. The number of nitrogens with zero attached hydrogens (tertiary/aromatic N) is 2. The molecule has 0 fully saturated rings. The third kappa shape index (κ3) is 3.53. The Bertz CT molecular complexity index is 559. The molecule has 0 saturated heterocycles. The lowest BCUT2D eigenvalue weighted by Gasteiger charge is -2.31. The van der Waals surface area contributed by atoms with Gasteiger partial charge >= 0.3 is 0 Å². The molecule has 0 atom stereocenters. The van der Waals surface area contributed by atoms with E-state index in [0.717, 1.165) is 23.5 Å². The van der Waals surface area contributed by atoms with Gasteiger partial charge < -0.3 is 0 Å². The van der Waals surface area contributed by atoms with Crippen LogP contribution in [0.5, 0.6) is 0 Å². The Labute approximate surface area is 137 Å². The highest BCUT2D eigenvalue weighted by Gasteiger charge is 2.30. The molecular formula is C16H20Br2N2. The van der Waals surface area contributed by atoms with Crippen molar-refractivity contribution < 1.29 is 0 Å². The third-order valence-electron chi connectivity index (χ3n) is 3.79. The molecular weight excluding hydrogens is 380 g/mol. The van der Waals surface area contributed by atoms with Crippen molar-refractivity contribution in [2.45, 2.75) is 25.2 Å². The Hall–Kier alpha value is -0.610. The van der Waals surface area contributed by atoms with Crippen molar-refractivity contribution in [1.29, 1.82) is 0 Å². The molecule has 20 heavy (non-hydrogen) atoms. The van der Waals surface area contributed by atoms with E-state index in [0.29, 0.717) is 0 Å². The molecule has 0 N–H and O–H groups in total. The average molecular weight is 400 g/mol. The van der Waals surface area contributed by atoms with Crippen LogP contribution >= 0.6 is 31.9 Å². The molecule has 0 radical (unpaired) electrons. The van der Waals surface area contributed by atoms with Gasteiger partial charge in [0.1, 0.15) is 0 Å². The minimum Gasteiger partial charge on any atom is -0.276 e. The van der Waals surface area contributed by atoms with Gasteiger partial charge in [0.2, 0.25) is 0 Å². The average Bonchev–Trinajstić information content (AvgIpc) is 2.86. The maximum Gasteiger partial charge on any atom is 0.0521 e. The second-order valence-electron chi connectivity index (χ2n) is 5.44. The van der Waals surface area contributed by atoms with Crippen molar-refractivity contribution in [1.82, 2.24) is 9.78 Å². The minimum absolute atomic E-state index is 0.127. The molecule has 2 rings (SSSR count). The van der Waals surface area contributed by atoms with E-state index in [1.807, 2.05) is 17.9 Å². The van der Waals surface area contributed by atoms with E-state index in [1.165, 1.54) is 16.7 Å². The summed E-state index contributed by atoms with van der Waals surface area (Å²) < 4.78 is 1.87. The van der Waals surface area contributed by atoms with E-state index in [1.54, 1.807) is 0 Å². The van der Waals surface area contributed by atoms with Gasteiger partial charge in [-0.15, -0.1) is 0 Å². The second kappa shape index (κ2) is 6.90. The van der Waals surface area contributed by atoms with Gasteiger partial charge in [-0.2, -0.15) is 5.10 Å². The summed E-state index contributed by atoms with van der Waals surface area (Å²) in [6.45, 7) is 2.15. The minimum atomic E-state index is 0.127. The van der Waals surface area contributed by atoms with E-state index in [-0.39, 0.29) is 5.41 Å². The monoisotopic (exact) mass is 398 g/mol. The molecule has 4 heteroatoms. The molecule has 108 valence electrons. The highest BCUT2D eigenvalue weighted by Crippen LogP contribution is 2.34. The number of aryl methyl sites for hydroxylation is 3. The lowest BCUT2D eigenvalue weighted by atomic mass is 9.79. The maximum atomic E-state index is 4.25. The second-order valence-corrected chi connectivity index (χ2v) is 6.56. The lowest BCUT2D eigenvalue weighted by molar-refractivity contribution is 0.504. The van der Waals surface area contributed by atoms with E-state index < -0.39 is 0 Å². The molecule has 0 saturated carbocycles. The van der Waals surface area contributed by atoms with Crippen molar-refractivity contribution >= 4 is 31.9 Å². The van der Waals surface area contributed by atoms with Crippen LogP contribution < -0.4 is 0 Å². The number of halogens is 2. The molecule has 0 amide bonds. The fraction of sp³-hybridized carbons (Fsp3) is 0.438. The molecule has 1 aromatic heterocycles. The first-order valence-corrected chi connectivity index (χ1v) is 9.00. The first kappa shape index (κ1) is 15.8. The Morgan fingerprint density at radius 3 is 2.55 bits per heavy atom. The Balaban J connectivity index is 2.20. The van der Waals surface area contributed by atoms with Gasteiger partial charge in [-0.05, 0) is 30.9 Å². The zero-order valence-electron chi connectivity index (χ0n) is 11.9. The summed E-state index contributed by atoms with van der Waals surface area (Å²) in [6, 6.07) is 8.83. The predicted octanol–water partition coefficient (Wildman–Crippen LogP) is 4.39. The van der Waals surface area contributed by atoms with Crippen LogP contribution in [-0.4, -0.2) is 20.4 Å². The van der Waals surface area contributed by atoms with Gasteiger partial charge in [0.15, 0.2) is 0 Å². The number of hydrogen-bond donors (Lipinski definition) is 0. The molecule has 0 bridgehead atoms. The van der Waals surface area contributed by atoms with Crippen molar-refractivity contribution in [3.05, 3.63) is 53.3 Å². The lowest BCUT2D eigenvalue weighted by Crippen LogP contribution is -2.31. The van der Waals surface area contributed by atoms with E-state index in [4.69, 9.17) is 0 Å². The van der Waals surface area contributed by atoms with Crippen LogP contribution in [0.2, 0.25) is 0 Å². The fourth-order valence-corrected chi connectivity index (χ4v) is 4.56. The number of alkyl halides is 2. The summed E-state index contributed by atoms with van der Waals surface area (Å²) in [5, 5.41) is 6.16. The number of benzene rings is 1. The molecule has 2 aromatic rings. The Morgan fingerprint density at radius 2 is 2.00 bits per heavy atom. The zero-order chi connectivity index (χ0) is 14.6. The SMILES string of the molecule is Cc1cccc(C(CBr)(CBr)CCc2cnn(C)c2)c1. The normalized spacial score (nSPS) is 11.8. The van der Waals surface area contributed by atoms with E-state index in [9.17, 15) is 0 Å². The van der Waals surface area contributed by atoms with Crippen LogP contribution in [0.25, 0.3) is 0 Å². The largest absolute Gasteiger partial charge is 0.276 e. The molecule has 0 aliphatic carbocycles.